The average molecular weight is 259 g/mol. The van der Waals surface area contributed by atoms with Gasteiger partial charge in [0.05, 0.1) is 7.11 Å². The number of ketones is 1. The first-order chi connectivity index (χ1) is 9.19. The molecule has 0 saturated heterocycles. The van der Waals surface area contributed by atoms with Crippen LogP contribution in [0.25, 0.3) is 0 Å². The molecule has 4 nitrogen and oxygen atoms in total. The van der Waals surface area contributed by atoms with Gasteiger partial charge >= 0.3 is 0 Å². The van der Waals surface area contributed by atoms with Gasteiger partial charge in [0.2, 0.25) is 0 Å². The zero-order valence-electron chi connectivity index (χ0n) is 11.2. The number of para-hydroxylation sites is 1. The molecule has 1 aliphatic rings. The van der Waals surface area contributed by atoms with Crippen LogP contribution in [0.4, 0.5) is 5.69 Å². The van der Waals surface area contributed by atoms with Crippen molar-refractivity contribution in [1.29, 1.82) is 0 Å². The number of benzene rings is 1. The summed E-state index contributed by atoms with van der Waals surface area (Å²) in [5.41, 5.74) is 1.34. The van der Waals surface area contributed by atoms with E-state index < -0.39 is 0 Å². The molecule has 1 aromatic carbocycles. The molecule has 1 amide bonds. The average Bonchev–Trinajstić information content (AvgIpc) is 2.47. The van der Waals surface area contributed by atoms with Crippen LogP contribution < -0.4 is 4.90 Å². The highest BCUT2D eigenvalue weighted by atomic mass is 16.5. The summed E-state index contributed by atoms with van der Waals surface area (Å²) < 4.78 is 5.16. The van der Waals surface area contributed by atoms with Gasteiger partial charge in [0.15, 0.2) is 11.5 Å². The van der Waals surface area contributed by atoms with E-state index in [0.717, 1.165) is 5.69 Å². The number of anilines is 1. The predicted octanol–water partition coefficient (Wildman–Crippen LogP) is 2.30. The van der Waals surface area contributed by atoms with Gasteiger partial charge < -0.3 is 9.64 Å². The lowest BCUT2D eigenvalue weighted by Gasteiger charge is -2.29. The van der Waals surface area contributed by atoms with Crippen molar-refractivity contribution in [2.75, 3.05) is 18.6 Å². The second-order valence-corrected chi connectivity index (χ2v) is 4.33. The molecule has 0 fully saturated rings. The van der Waals surface area contributed by atoms with E-state index in [-0.39, 0.29) is 17.4 Å². The molecule has 0 aromatic heterocycles. The molecule has 0 aliphatic carbocycles. The van der Waals surface area contributed by atoms with E-state index in [1.807, 2.05) is 30.3 Å². The molecule has 0 unspecified atom stereocenters. The van der Waals surface area contributed by atoms with Gasteiger partial charge in [-0.25, -0.2) is 0 Å². The summed E-state index contributed by atoms with van der Waals surface area (Å²) in [6.07, 6.45) is 0.928. The Labute approximate surface area is 112 Å². The molecule has 0 spiro atoms. The fourth-order valence-corrected chi connectivity index (χ4v) is 2.23. The van der Waals surface area contributed by atoms with Crippen LogP contribution >= 0.6 is 0 Å². The predicted molar refractivity (Wildman–Crippen MR) is 72.7 cm³/mol. The van der Waals surface area contributed by atoms with Crippen LogP contribution in [-0.4, -0.2) is 25.3 Å². The molecule has 0 radical (unpaired) electrons. The second-order valence-electron chi connectivity index (χ2n) is 4.33. The van der Waals surface area contributed by atoms with Gasteiger partial charge in [-0.1, -0.05) is 25.1 Å². The quantitative estimate of drug-likeness (QED) is 0.833. The number of rotatable bonds is 4. The molecule has 0 atom stereocenters. The largest absolute Gasteiger partial charge is 0.491 e. The molecule has 0 saturated carbocycles. The van der Waals surface area contributed by atoms with Crippen molar-refractivity contribution in [2.24, 2.45) is 0 Å². The molecule has 19 heavy (non-hydrogen) atoms. The van der Waals surface area contributed by atoms with Crippen molar-refractivity contribution in [1.82, 2.24) is 0 Å². The number of hydrogen-bond acceptors (Lipinski definition) is 3. The van der Waals surface area contributed by atoms with Crippen molar-refractivity contribution in [3.05, 3.63) is 41.7 Å². The van der Waals surface area contributed by atoms with Gasteiger partial charge in [0, 0.05) is 24.2 Å². The molecule has 100 valence electrons. The number of carbonyl (C=O) groups excluding carboxylic acids is 2. The zero-order valence-corrected chi connectivity index (χ0v) is 11.2. The highest BCUT2D eigenvalue weighted by Gasteiger charge is 2.31. The molecule has 1 heterocycles. The van der Waals surface area contributed by atoms with E-state index in [1.54, 1.807) is 11.8 Å². The highest BCUT2D eigenvalue weighted by Crippen LogP contribution is 2.26. The Kier molecular flexibility index (Phi) is 4.00. The molecule has 1 aromatic rings. The first-order valence-corrected chi connectivity index (χ1v) is 6.36. The number of Topliss-reactive ketones (excluding diaryl/α,β-unsaturated/α-hetero) is 1. The minimum absolute atomic E-state index is 0.0158. The lowest BCUT2D eigenvalue weighted by atomic mass is 9.99. The van der Waals surface area contributed by atoms with Crippen LogP contribution in [0.2, 0.25) is 0 Å². The number of hydrogen-bond donors (Lipinski definition) is 0. The van der Waals surface area contributed by atoms with Crippen LogP contribution in [0, 0.1) is 0 Å². The summed E-state index contributed by atoms with van der Waals surface area (Å²) in [6, 6.07) is 9.41. The number of ether oxygens (including phenoxy) is 1. The number of nitrogens with zero attached hydrogens (tertiary/aromatic N) is 1. The van der Waals surface area contributed by atoms with E-state index in [9.17, 15) is 9.59 Å². The van der Waals surface area contributed by atoms with Crippen LogP contribution in [0.5, 0.6) is 0 Å². The molecule has 0 N–H and O–H groups in total. The Balaban J connectivity index is 2.35. The first kappa shape index (κ1) is 13.3. The molecule has 2 rings (SSSR count). The molecular weight excluding hydrogens is 242 g/mol. The lowest BCUT2D eigenvalue weighted by Crippen LogP contribution is -2.39. The molecule has 0 bridgehead atoms. The SMILES string of the molecule is CCC(=O)C1=C(OC)C(=O)N(c2ccccc2)CC1. The van der Waals surface area contributed by atoms with Crippen molar-refractivity contribution in [3.8, 4) is 0 Å². The van der Waals surface area contributed by atoms with Crippen molar-refractivity contribution in [2.45, 2.75) is 19.8 Å². The fourth-order valence-electron chi connectivity index (χ4n) is 2.23. The minimum Gasteiger partial charge on any atom is -0.491 e. The van der Waals surface area contributed by atoms with E-state index in [2.05, 4.69) is 0 Å². The molecule has 1 aliphatic heterocycles. The summed E-state index contributed by atoms with van der Waals surface area (Å²) in [7, 11) is 1.44. The van der Waals surface area contributed by atoms with E-state index in [0.29, 0.717) is 25.0 Å². The van der Waals surface area contributed by atoms with Crippen molar-refractivity contribution in [3.63, 3.8) is 0 Å². The Morgan fingerprint density at radius 3 is 2.58 bits per heavy atom. The topological polar surface area (TPSA) is 46.6 Å². The maximum absolute atomic E-state index is 12.4. The summed E-state index contributed by atoms with van der Waals surface area (Å²) in [5.74, 6) is -0.0726. The maximum Gasteiger partial charge on any atom is 0.293 e. The minimum atomic E-state index is -0.239. The number of amides is 1. The normalized spacial score (nSPS) is 15.7. The number of carbonyl (C=O) groups is 2. The third-order valence-electron chi connectivity index (χ3n) is 3.23. The van der Waals surface area contributed by atoms with Gasteiger partial charge in [-0.05, 0) is 18.6 Å². The Morgan fingerprint density at radius 1 is 1.32 bits per heavy atom. The maximum atomic E-state index is 12.4. The second kappa shape index (κ2) is 5.69. The molecular formula is C15H17NO3. The van der Waals surface area contributed by atoms with Gasteiger partial charge in [-0.2, -0.15) is 0 Å². The van der Waals surface area contributed by atoms with E-state index >= 15 is 0 Å². The third-order valence-corrected chi connectivity index (χ3v) is 3.23. The molecule has 4 heteroatoms. The monoisotopic (exact) mass is 259 g/mol. The highest BCUT2D eigenvalue weighted by molar-refractivity contribution is 6.11. The standard InChI is InChI=1S/C15H17NO3/c1-3-13(17)12-9-10-16(15(18)14(12)19-2)11-7-5-4-6-8-11/h4-8H,3,9-10H2,1-2H3. The van der Waals surface area contributed by atoms with Gasteiger partial charge in [-0.15, -0.1) is 0 Å². The third kappa shape index (κ3) is 2.52. The van der Waals surface area contributed by atoms with Gasteiger partial charge in [-0.3, -0.25) is 9.59 Å². The first-order valence-electron chi connectivity index (χ1n) is 6.36. The van der Waals surface area contributed by atoms with Crippen LogP contribution in [-0.2, 0) is 14.3 Å². The Hall–Kier alpha value is -2.10. The van der Waals surface area contributed by atoms with Crippen molar-refractivity contribution < 1.29 is 14.3 Å². The summed E-state index contributed by atoms with van der Waals surface area (Å²) in [5, 5.41) is 0. The van der Waals surface area contributed by atoms with Crippen LogP contribution in [0.3, 0.4) is 0 Å². The zero-order chi connectivity index (χ0) is 13.8. The van der Waals surface area contributed by atoms with Gasteiger partial charge in [0.25, 0.3) is 5.91 Å². The Bertz CT molecular complexity index is 519. The number of methoxy groups -OCH3 is 1. The summed E-state index contributed by atoms with van der Waals surface area (Å²) in [6.45, 7) is 2.30. The van der Waals surface area contributed by atoms with Crippen LogP contribution in [0.15, 0.2) is 41.7 Å². The van der Waals surface area contributed by atoms with Crippen LogP contribution in [0.1, 0.15) is 19.8 Å². The summed E-state index contributed by atoms with van der Waals surface area (Å²) >= 11 is 0. The lowest BCUT2D eigenvalue weighted by molar-refractivity contribution is -0.121. The Morgan fingerprint density at radius 2 is 2.00 bits per heavy atom. The smallest absolute Gasteiger partial charge is 0.293 e. The van der Waals surface area contributed by atoms with Crippen molar-refractivity contribution >= 4 is 17.4 Å². The fraction of sp³-hybridized carbons (Fsp3) is 0.333. The van der Waals surface area contributed by atoms with E-state index in [1.165, 1.54) is 7.11 Å². The van der Waals surface area contributed by atoms with Gasteiger partial charge in [0.1, 0.15) is 0 Å². The van der Waals surface area contributed by atoms with E-state index in [4.69, 9.17) is 4.74 Å². The summed E-state index contributed by atoms with van der Waals surface area (Å²) in [4.78, 5) is 25.8.